The molecular weight excluding hydrogens is 475 g/mol. The fourth-order valence-electron chi connectivity index (χ4n) is 5.29. The van der Waals surface area contributed by atoms with Crippen molar-refractivity contribution in [1.82, 2.24) is 0 Å². The Bertz CT molecular complexity index is 1310. The maximum absolute atomic E-state index is 2.46. The molecule has 0 bridgehead atoms. The van der Waals surface area contributed by atoms with Crippen LogP contribution in [0.3, 0.4) is 0 Å². The first kappa shape index (κ1) is 28.1. The number of hydrogen-bond donors (Lipinski definition) is 0. The highest BCUT2D eigenvalue weighted by atomic mass is 31.1. The topological polar surface area (TPSA) is 0 Å². The minimum atomic E-state index is -0.661. The van der Waals surface area contributed by atoms with Gasteiger partial charge in [0, 0.05) is 0 Å². The molecule has 4 aromatic rings. The molecule has 0 fully saturated rings. The van der Waals surface area contributed by atoms with E-state index in [1.807, 2.05) is 0 Å². The predicted molar refractivity (Wildman–Crippen MR) is 172 cm³/mol. The zero-order valence-corrected chi connectivity index (χ0v) is 24.9. The molecule has 0 aromatic heterocycles. The summed E-state index contributed by atoms with van der Waals surface area (Å²) in [5.41, 5.74) is 5.78. The lowest BCUT2D eigenvalue weighted by Crippen LogP contribution is -2.22. The summed E-state index contributed by atoms with van der Waals surface area (Å²) in [6, 6.07) is 38.2. The molecule has 196 valence electrons. The zero-order valence-electron chi connectivity index (χ0n) is 24.0. The average Bonchev–Trinajstić information content (AvgIpc) is 2.93. The molecule has 0 nitrogen and oxygen atoms in total. The average molecular weight is 519 g/mol. The Labute approximate surface area is 232 Å². The molecular formula is C37H43P. The van der Waals surface area contributed by atoms with Gasteiger partial charge in [0.15, 0.2) is 0 Å². The first-order valence-electron chi connectivity index (χ1n) is 14.1. The molecule has 0 amide bonds. The van der Waals surface area contributed by atoms with Crippen LogP contribution in [0.15, 0.2) is 103 Å². The second-order valence-electron chi connectivity index (χ2n) is 11.6. The van der Waals surface area contributed by atoms with Gasteiger partial charge in [-0.2, -0.15) is 0 Å². The smallest absolute Gasteiger partial charge is 0.00786 e. The summed E-state index contributed by atoms with van der Waals surface area (Å²) in [6.45, 7) is 14.1. The van der Waals surface area contributed by atoms with E-state index in [0.717, 1.165) is 6.42 Å². The van der Waals surface area contributed by atoms with Crippen molar-refractivity contribution in [3.63, 3.8) is 0 Å². The quantitative estimate of drug-likeness (QED) is 0.145. The van der Waals surface area contributed by atoms with E-state index >= 15 is 0 Å². The van der Waals surface area contributed by atoms with Gasteiger partial charge in [-0.25, -0.2) is 0 Å². The summed E-state index contributed by atoms with van der Waals surface area (Å²) >= 11 is 0. The van der Waals surface area contributed by atoms with Gasteiger partial charge in [-0.15, -0.1) is 0 Å². The van der Waals surface area contributed by atoms with E-state index < -0.39 is 7.92 Å². The van der Waals surface area contributed by atoms with Gasteiger partial charge in [0.05, 0.1) is 0 Å². The number of benzene rings is 4. The molecule has 0 saturated carbocycles. The van der Waals surface area contributed by atoms with Crippen molar-refractivity contribution in [1.29, 1.82) is 0 Å². The van der Waals surface area contributed by atoms with Gasteiger partial charge in [0.2, 0.25) is 0 Å². The molecule has 0 atom stereocenters. The molecule has 0 heterocycles. The number of hydrogen-bond acceptors (Lipinski definition) is 0. The molecule has 0 aliphatic heterocycles. The van der Waals surface area contributed by atoms with E-state index in [9.17, 15) is 0 Å². The van der Waals surface area contributed by atoms with Gasteiger partial charge < -0.3 is 0 Å². The van der Waals surface area contributed by atoms with Crippen LogP contribution in [0.1, 0.15) is 83.1 Å². The van der Waals surface area contributed by atoms with Crippen LogP contribution in [-0.4, -0.2) is 0 Å². The van der Waals surface area contributed by atoms with Crippen LogP contribution in [-0.2, 0) is 10.8 Å². The Morgan fingerprint density at radius 1 is 0.605 bits per heavy atom. The molecule has 38 heavy (non-hydrogen) atoms. The van der Waals surface area contributed by atoms with Gasteiger partial charge in [-0.3, -0.25) is 0 Å². The van der Waals surface area contributed by atoms with Crippen molar-refractivity contribution >= 4 is 36.0 Å². The normalized spacial score (nSPS) is 12.4. The van der Waals surface area contributed by atoms with Crippen molar-refractivity contribution in [3.05, 3.63) is 125 Å². The molecule has 0 unspecified atom stereocenters. The second-order valence-corrected chi connectivity index (χ2v) is 13.8. The van der Waals surface area contributed by atoms with Gasteiger partial charge >= 0.3 is 0 Å². The van der Waals surface area contributed by atoms with Crippen molar-refractivity contribution in [3.8, 4) is 0 Å². The van der Waals surface area contributed by atoms with E-state index in [0.29, 0.717) is 0 Å². The molecule has 0 radical (unpaired) electrons. The molecule has 0 aliphatic rings. The highest BCUT2D eigenvalue weighted by Gasteiger charge is 2.25. The fourth-order valence-corrected chi connectivity index (χ4v) is 7.73. The van der Waals surface area contributed by atoms with Crippen LogP contribution in [0, 0.1) is 0 Å². The molecule has 4 aromatic carbocycles. The largest absolute Gasteiger partial charge is 0.0654 e. The Morgan fingerprint density at radius 3 is 1.74 bits per heavy atom. The Kier molecular flexibility index (Phi) is 9.07. The molecule has 0 spiro atoms. The maximum atomic E-state index is 2.46. The first-order valence-corrected chi connectivity index (χ1v) is 15.4. The fraction of sp³-hybridized carbons (Fsp3) is 0.297. The van der Waals surface area contributed by atoms with Crippen molar-refractivity contribution in [2.45, 2.75) is 71.6 Å². The summed E-state index contributed by atoms with van der Waals surface area (Å²) in [5, 5.41) is 4.16. The minimum absolute atomic E-state index is 0.118. The Hall–Kier alpha value is -2.95. The molecule has 0 saturated heterocycles. The lowest BCUT2D eigenvalue weighted by Gasteiger charge is -2.30. The highest BCUT2D eigenvalue weighted by Crippen LogP contribution is 2.37. The van der Waals surface area contributed by atoms with Crippen LogP contribution in [0.5, 0.6) is 0 Å². The van der Waals surface area contributed by atoms with Crippen molar-refractivity contribution in [2.75, 3.05) is 0 Å². The van der Waals surface area contributed by atoms with E-state index in [-0.39, 0.29) is 10.8 Å². The molecule has 1 heteroatoms. The third kappa shape index (κ3) is 6.36. The van der Waals surface area contributed by atoms with E-state index in [1.165, 1.54) is 51.0 Å². The van der Waals surface area contributed by atoms with Gasteiger partial charge in [-0.05, 0) is 69.8 Å². The summed E-state index contributed by atoms with van der Waals surface area (Å²) < 4.78 is 0. The molecule has 0 N–H and O–H groups in total. The number of rotatable bonds is 10. The third-order valence-corrected chi connectivity index (χ3v) is 10.5. The van der Waals surface area contributed by atoms with Gasteiger partial charge in [0.25, 0.3) is 0 Å². The maximum Gasteiger partial charge on any atom is -0.00786 e. The van der Waals surface area contributed by atoms with Gasteiger partial charge in [-0.1, -0.05) is 163 Å². The summed E-state index contributed by atoms with van der Waals surface area (Å²) in [7, 11) is -0.661. The molecule has 4 rings (SSSR count). The van der Waals surface area contributed by atoms with Crippen LogP contribution in [0.2, 0.25) is 0 Å². The van der Waals surface area contributed by atoms with Crippen LogP contribution in [0.25, 0.3) is 12.2 Å². The second kappa shape index (κ2) is 12.3. The Balaban J connectivity index is 1.84. The molecule has 0 aliphatic carbocycles. The SMILES string of the molecule is CCCC(C)(C)c1ccc(C(C)(C)CC)c(/C=C/c2ccccc2P(c2ccccc2)c2ccccc2)c1. The Morgan fingerprint density at radius 2 is 1.16 bits per heavy atom. The lowest BCUT2D eigenvalue weighted by atomic mass is 9.75. The lowest BCUT2D eigenvalue weighted by molar-refractivity contribution is 0.470. The zero-order chi connectivity index (χ0) is 27.2. The predicted octanol–water partition coefficient (Wildman–Crippen LogP) is 9.38. The summed E-state index contributed by atoms with van der Waals surface area (Å²) in [4.78, 5) is 0. The monoisotopic (exact) mass is 518 g/mol. The van der Waals surface area contributed by atoms with Gasteiger partial charge in [0.1, 0.15) is 0 Å². The van der Waals surface area contributed by atoms with Crippen molar-refractivity contribution in [2.24, 2.45) is 0 Å². The van der Waals surface area contributed by atoms with Crippen molar-refractivity contribution < 1.29 is 0 Å². The third-order valence-electron chi connectivity index (χ3n) is 7.97. The standard InChI is InChI=1S/C37H43P/c1-7-27-37(5,6)31-25-26-34(36(3,4)8-2)30(28-31)24-23-29-17-15-16-22-35(29)38(32-18-11-9-12-19-32)33-20-13-10-14-21-33/h9-26,28H,7-8,27H2,1-6H3/b24-23+. The first-order chi connectivity index (χ1) is 18.3. The van der Waals surface area contributed by atoms with E-state index in [4.69, 9.17) is 0 Å². The minimum Gasteiger partial charge on any atom is -0.0654 e. The summed E-state index contributed by atoms with van der Waals surface area (Å²) in [6.07, 6.45) is 8.22. The van der Waals surface area contributed by atoms with Crippen LogP contribution >= 0.6 is 7.92 Å². The van der Waals surface area contributed by atoms with E-state index in [2.05, 4.69) is 157 Å². The van der Waals surface area contributed by atoms with E-state index in [1.54, 1.807) is 0 Å². The van der Waals surface area contributed by atoms with Crippen LogP contribution in [0.4, 0.5) is 0 Å². The highest BCUT2D eigenvalue weighted by molar-refractivity contribution is 7.80. The van der Waals surface area contributed by atoms with Crippen LogP contribution < -0.4 is 15.9 Å². The summed E-state index contributed by atoms with van der Waals surface area (Å²) in [5.74, 6) is 0.